The van der Waals surface area contributed by atoms with Gasteiger partial charge in [0.25, 0.3) is 5.91 Å². The lowest BCUT2D eigenvalue weighted by molar-refractivity contribution is 0.0956. The van der Waals surface area contributed by atoms with Crippen LogP contribution in [0.5, 0.6) is 5.75 Å². The molecule has 3 heteroatoms. The lowest BCUT2D eigenvalue weighted by Crippen LogP contribution is -2.24. The van der Waals surface area contributed by atoms with Crippen LogP contribution in [0.1, 0.15) is 17.3 Å². The minimum Gasteiger partial charge on any atom is -0.497 e. The number of hydrogen-bond donors (Lipinski definition) is 1. The van der Waals surface area contributed by atoms with Crippen molar-refractivity contribution in [2.45, 2.75) is 6.92 Å². The zero-order valence-electron chi connectivity index (χ0n) is 9.04. The molecule has 1 rings (SSSR count). The van der Waals surface area contributed by atoms with E-state index in [0.717, 1.165) is 5.57 Å². The van der Waals surface area contributed by atoms with Crippen molar-refractivity contribution in [3.8, 4) is 5.75 Å². The molecule has 0 spiro atoms. The second-order valence-corrected chi connectivity index (χ2v) is 3.37. The van der Waals surface area contributed by atoms with E-state index < -0.39 is 0 Å². The average molecular weight is 205 g/mol. The molecule has 0 aliphatic rings. The summed E-state index contributed by atoms with van der Waals surface area (Å²) in [6.07, 6.45) is 0. The maximum Gasteiger partial charge on any atom is 0.251 e. The van der Waals surface area contributed by atoms with Gasteiger partial charge < -0.3 is 10.1 Å². The quantitative estimate of drug-likeness (QED) is 0.763. The molecule has 0 atom stereocenters. The molecule has 0 aromatic heterocycles. The third-order valence-corrected chi connectivity index (χ3v) is 1.88. The highest BCUT2D eigenvalue weighted by molar-refractivity contribution is 5.94. The van der Waals surface area contributed by atoms with Crippen LogP contribution in [0.3, 0.4) is 0 Å². The lowest BCUT2D eigenvalue weighted by Gasteiger charge is -2.06. The molecular weight excluding hydrogens is 190 g/mol. The Balaban J connectivity index is 2.69. The lowest BCUT2D eigenvalue weighted by atomic mass is 10.2. The van der Waals surface area contributed by atoms with Gasteiger partial charge in [-0.15, -0.1) is 0 Å². The summed E-state index contributed by atoms with van der Waals surface area (Å²) in [5, 5.41) is 2.76. The van der Waals surface area contributed by atoms with Crippen molar-refractivity contribution >= 4 is 5.91 Å². The van der Waals surface area contributed by atoms with E-state index in [9.17, 15) is 4.79 Å². The third-order valence-electron chi connectivity index (χ3n) is 1.88. The number of ether oxygens (including phenoxy) is 1. The summed E-state index contributed by atoms with van der Waals surface area (Å²) in [7, 11) is 1.57. The number of rotatable bonds is 4. The molecule has 1 aromatic carbocycles. The molecule has 0 heterocycles. The van der Waals surface area contributed by atoms with Gasteiger partial charge in [0.05, 0.1) is 7.11 Å². The first-order chi connectivity index (χ1) is 7.13. The first-order valence-corrected chi connectivity index (χ1v) is 4.70. The molecule has 80 valence electrons. The van der Waals surface area contributed by atoms with Crippen molar-refractivity contribution in [1.82, 2.24) is 5.32 Å². The smallest absolute Gasteiger partial charge is 0.251 e. The largest absolute Gasteiger partial charge is 0.497 e. The van der Waals surface area contributed by atoms with Crippen molar-refractivity contribution in [1.29, 1.82) is 0 Å². The molecule has 1 aromatic rings. The second-order valence-electron chi connectivity index (χ2n) is 3.37. The molecule has 0 unspecified atom stereocenters. The van der Waals surface area contributed by atoms with Crippen molar-refractivity contribution in [2.75, 3.05) is 13.7 Å². The number of carbonyl (C=O) groups is 1. The number of nitrogens with one attached hydrogen (secondary N) is 1. The van der Waals surface area contributed by atoms with Crippen LogP contribution >= 0.6 is 0 Å². The van der Waals surface area contributed by atoms with Gasteiger partial charge >= 0.3 is 0 Å². The van der Waals surface area contributed by atoms with E-state index in [1.54, 1.807) is 31.4 Å². The summed E-state index contributed by atoms with van der Waals surface area (Å²) in [6, 6.07) is 7.04. The van der Waals surface area contributed by atoms with Gasteiger partial charge in [-0.1, -0.05) is 18.2 Å². The van der Waals surface area contributed by atoms with Crippen LogP contribution in [0.15, 0.2) is 36.4 Å². The van der Waals surface area contributed by atoms with Gasteiger partial charge in [0, 0.05) is 12.1 Å². The molecule has 1 amide bonds. The molecular formula is C12H15NO2. The van der Waals surface area contributed by atoms with Crippen LogP contribution in [-0.4, -0.2) is 19.6 Å². The highest BCUT2D eigenvalue weighted by atomic mass is 16.5. The van der Waals surface area contributed by atoms with Gasteiger partial charge in [0.1, 0.15) is 5.75 Å². The van der Waals surface area contributed by atoms with Gasteiger partial charge in [-0.3, -0.25) is 4.79 Å². The monoisotopic (exact) mass is 205 g/mol. The predicted octanol–water partition coefficient (Wildman–Crippen LogP) is 2.00. The van der Waals surface area contributed by atoms with E-state index in [1.807, 2.05) is 6.92 Å². The van der Waals surface area contributed by atoms with E-state index in [2.05, 4.69) is 11.9 Å². The van der Waals surface area contributed by atoms with E-state index in [0.29, 0.717) is 17.9 Å². The van der Waals surface area contributed by atoms with Crippen LogP contribution in [0, 0.1) is 0 Å². The Morgan fingerprint density at radius 3 is 2.87 bits per heavy atom. The molecule has 15 heavy (non-hydrogen) atoms. The Morgan fingerprint density at radius 2 is 2.27 bits per heavy atom. The standard InChI is InChI=1S/C12H15NO2/c1-9(2)8-13-12(14)10-5-4-6-11(7-10)15-3/h4-7H,1,8H2,2-3H3,(H,13,14). The van der Waals surface area contributed by atoms with Gasteiger partial charge in [-0.25, -0.2) is 0 Å². The minimum atomic E-state index is -0.114. The Kier molecular flexibility index (Phi) is 3.92. The van der Waals surface area contributed by atoms with Crippen LogP contribution in [0.2, 0.25) is 0 Å². The third kappa shape index (κ3) is 3.46. The van der Waals surface area contributed by atoms with Gasteiger partial charge in [0.2, 0.25) is 0 Å². The molecule has 0 bridgehead atoms. The molecule has 0 fully saturated rings. The number of hydrogen-bond acceptors (Lipinski definition) is 2. The number of amides is 1. The van der Waals surface area contributed by atoms with E-state index >= 15 is 0 Å². The van der Waals surface area contributed by atoms with Crippen molar-refractivity contribution in [3.63, 3.8) is 0 Å². The van der Waals surface area contributed by atoms with Crippen LogP contribution < -0.4 is 10.1 Å². The Morgan fingerprint density at radius 1 is 1.53 bits per heavy atom. The SMILES string of the molecule is C=C(C)CNC(=O)c1cccc(OC)c1. The summed E-state index contributed by atoms with van der Waals surface area (Å²) < 4.78 is 5.03. The molecule has 1 N–H and O–H groups in total. The highest BCUT2D eigenvalue weighted by Gasteiger charge is 2.05. The van der Waals surface area contributed by atoms with Gasteiger partial charge in [-0.05, 0) is 25.1 Å². The van der Waals surface area contributed by atoms with E-state index in [4.69, 9.17) is 4.74 Å². The van der Waals surface area contributed by atoms with Crippen LogP contribution in [0.25, 0.3) is 0 Å². The van der Waals surface area contributed by atoms with E-state index in [1.165, 1.54) is 0 Å². The summed E-state index contributed by atoms with van der Waals surface area (Å²) >= 11 is 0. The molecule has 0 saturated heterocycles. The summed E-state index contributed by atoms with van der Waals surface area (Å²) in [4.78, 5) is 11.6. The number of carbonyl (C=O) groups excluding carboxylic acids is 1. The van der Waals surface area contributed by atoms with E-state index in [-0.39, 0.29) is 5.91 Å². The summed E-state index contributed by atoms with van der Waals surface area (Å²) in [5.41, 5.74) is 1.52. The average Bonchev–Trinajstić information content (AvgIpc) is 2.26. The Hall–Kier alpha value is -1.77. The fraction of sp³-hybridized carbons (Fsp3) is 0.250. The molecule has 3 nitrogen and oxygen atoms in total. The normalized spacial score (nSPS) is 9.47. The predicted molar refractivity (Wildman–Crippen MR) is 60.1 cm³/mol. The summed E-state index contributed by atoms with van der Waals surface area (Å²) in [5.74, 6) is 0.565. The topological polar surface area (TPSA) is 38.3 Å². The number of methoxy groups -OCH3 is 1. The Labute approximate surface area is 89.8 Å². The van der Waals surface area contributed by atoms with Crippen molar-refractivity contribution < 1.29 is 9.53 Å². The van der Waals surface area contributed by atoms with Crippen molar-refractivity contribution in [3.05, 3.63) is 42.0 Å². The minimum absolute atomic E-state index is 0.114. The maximum atomic E-state index is 11.6. The molecule has 0 aliphatic carbocycles. The van der Waals surface area contributed by atoms with Crippen LogP contribution in [0.4, 0.5) is 0 Å². The molecule has 0 saturated carbocycles. The summed E-state index contributed by atoms with van der Waals surface area (Å²) in [6.45, 7) is 6.08. The highest BCUT2D eigenvalue weighted by Crippen LogP contribution is 2.12. The molecule has 0 aliphatic heterocycles. The van der Waals surface area contributed by atoms with Gasteiger partial charge in [-0.2, -0.15) is 0 Å². The fourth-order valence-electron chi connectivity index (χ4n) is 1.10. The van der Waals surface area contributed by atoms with Crippen LogP contribution in [-0.2, 0) is 0 Å². The van der Waals surface area contributed by atoms with Gasteiger partial charge in [0.15, 0.2) is 0 Å². The maximum absolute atomic E-state index is 11.6. The first-order valence-electron chi connectivity index (χ1n) is 4.70. The first kappa shape index (κ1) is 11.3. The second kappa shape index (κ2) is 5.20. The Bertz CT molecular complexity index is 372. The van der Waals surface area contributed by atoms with Crippen molar-refractivity contribution in [2.24, 2.45) is 0 Å². The fourth-order valence-corrected chi connectivity index (χ4v) is 1.10. The zero-order valence-corrected chi connectivity index (χ0v) is 9.04. The zero-order chi connectivity index (χ0) is 11.3. The molecule has 0 radical (unpaired) electrons. The number of benzene rings is 1.